The molecule has 0 bridgehead atoms. The molecule has 5 nitrogen and oxygen atoms in total. The minimum atomic E-state index is -0.119. The molecule has 124 valence electrons. The number of para-hydroxylation sites is 2. The molecule has 0 spiro atoms. The van der Waals surface area contributed by atoms with Crippen molar-refractivity contribution >= 4 is 46.3 Å². The van der Waals surface area contributed by atoms with Crippen LogP contribution in [0.4, 0.5) is 0 Å². The number of imidazole rings is 1. The molecule has 0 aliphatic rings. The Morgan fingerprint density at radius 1 is 1.42 bits per heavy atom. The van der Waals surface area contributed by atoms with Crippen molar-refractivity contribution in [2.45, 2.75) is 25.5 Å². The number of hydrogen-bond donors (Lipinski definition) is 2. The molecule has 7 heteroatoms. The largest absolute Gasteiger partial charge is 0.317 e. The predicted octanol–water partition coefficient (Wildman–Crippen LogP) is 3.09. The summed E-state index contributed by atoms with van der Waals surface area (Å²) >= 11 is 3.09. The maximum Gasteiger partial charge on any atom is 0.317 e. The van der Waals surface area contributed by atoms with Crippen LogP contribution in [0.1, 0.15) is 17.4 Å². The van der Waals surface area contributed by atoms with Gasteiger partial charge in [-0.15, -0.1) is 11.3 Å². The van der Waals surface area contributed by atoms with Crippen LogP contribution in [0.3, 0.4) is 0 Å². The fraction of sp³-hybridized carbons (Fsp3) is 0.235. The number of rotatable bonds is 6. The minimum absolute atomic E-state index is 0.119. The molecule has 0 aliphatic heterocycles. The average Bonchev–Trinajstić information content (AvgIpc) is 3.16. The van der Waals surface area contributed by atoms with E-state index in [4.69, 9.17) is 0 Å². The number of hydrazone groups is 1. The number of carbonyl (C=O) groups is 1. The van der Waals surface area contributed by atoms with Crippen LogP contribution in [0, 0.1) is 6.92 Å². The molecule has 0 aliphatic carbocycles. The normalized spacial score (nSPS) is 11.4. The Hall–Kier alpha value is -2.12. The number of aromatic amines is 1. The molecule has 0 saturated carbocycles. The summed E-state index contributed by atoms with van der Waals surface area (Å²) in [5.41, 5.74) is 5.97. The number of thiophene rings is 1. The number of amides is 1. The first-order chi connectivity index (χ1) is 11.7. The van der Waals surface area contributed by atoms with E-state index in [-0.39, 0.29) is 5.91 Å². The molecule has 0 unspecified atom stereocenters. The predicted molar refractivity (Wildman–Crippen MR) is 99.7 cm³/mol. The Morgan fingerprint density at radius 3 is 3.00 bits per heavy atom. The second kappa shape index (κ2) is 7.63. The second-order valence-electron chi connectivity index (χ2n) is 5.24. The Labute approximate surface area is 148 Å². The van der Waals surface area contributed by atoms with E-state index in [2.05, 4.69) is 33.1 Å². The van der Waals surface area contributed by atoms with E-state index in [0.29, 0.717) is 5.75 Å². The lowest BCUT2D eigenvalue weighted by molar-refractivity contribution is -0.705. The number of nitrogens with one attached hydrogen (secondary N) is 2. The highest BCUT2D eigenvalue weighted by molar-refractivity contribution is 7.99. The Kier molecular flexibility index (Phi) is 5.32. The summed E-state index contributed by atoms with van der Waals surface area (Å²) in [6, 6.07) is 10.2. The van der Waals surface area contributed by atoms with E-state index < -0.39 is 0 Å². The van der Waals surface area contributed by atoms with E-state index in [0.717, 1.165) is 33.2 Å². The van der Waals surface area contributed by atoms with Gasteiger partial charge in [0.05, 0.1) is 18.5 Å². The van der Waals surface area contributed by atoms with Crippen molar-refractivity contribution in [2.24, 2.45) is 5.10 Å². The van der Waals surface area contributed by atoms with E-state index in [1.165, 1.54) is 11.8 Å². The molecule has 24 heavy (non-hydrogen) atoms. The van der Waals surface area contributed by atoms with Gasteiger partial charge in [0.15, 0.2) is 11.0 Å². The maximum absolute atomic E-state index is 12.0. The van der Waals surface area contributed by atoms with Gasteiger partial charge in [-0.3, -0.25) is 4.79 Å². The summed E-state index contributed by atoms with van der Waals surface area (Å²) in [5.74, 6) is 0.194. The van der Waals surface area contributed by atoms with Gasteiger partial charge in [0.1, 0.15) is 0 Å². The maximum atomic E-state index is 12.0. The van der Waals surface area contributed by atoms with Gasteiger partial charge in [0.2, 0.25) is 0 Å². The van der Waals surface area contributed by atoms with Crippen molar-refractivity contribution < 1.29 is 9.36 Å². The third-order valence-corrected chi connectivity index (χ3v) is 5.57. The monoisotopic (exact) mass is 359 g/mol. The van der Waals surface area contributed by atoms with Crippen molar-refractivity contribution in [3.8, 4) is 0 Å². The number of nitrogens with zero attached hydrogens (tertiary/aromatic N) is 2. The molecule has 1 aromatic carbocycles. The van der Waals surface area contributed by atoms with Gasteiger partial charge in [0, 0.05) is 4.88 Å². The highest BCUT2D eigenvalue weighted by Gasteiger charge is 2.18. The van der Waals surface area contributed by atoms with Gasteiger partial charge in [-0.05, 0) is 54.8 Å². The molecule has 2 heterocycles. The van der Waals surface area contributed by atoms with Gasteiger partial charge < -0.3 is 0 Å². The average molecular weight is 360 g/mol. The smallest absolute Gasteiger partial charge is 0.272 e. The van der Waals surface area contributed by atoms with Gasteiger partial charge in [-0.1, -0.05) is 12.1 Å². The zero-order chi connectivity index (χ0) is 16.9. The van der Waals surface area contributed by atoms with Crippen molar-refractivity contribution in [1.82, 2.24) is 10.4 Å². The van der Waals surface area contributed by atoms with E-state index in [1.54, 1.807) is 17.6 Å². The van der Waals surface area contributed by atoms with Gasteiger partial charge in [-0.2, -0.15) is 5.10 Å². The van der Waals surface area contributed by atoms with Gasteiger partial charge in [0.25, 0.3) is 5.91 Å². The third-order valence-electron chi connectivity index (χ3n) is 3.61. The molecule has 3 aromatic rings. The minimum Gasteiger partial charge on any atom is -0.272 e. The van der Waals surface area contributed by atoms with Crippen LogP contribution < -0.4 is 9.99 Å². The lowest BCUT2D eigenvalue weighted by Crippen LogP contribution is -2.34. The van der Waals surface area contributed by atoms with Crippen molar-refractivity contribution in [2.75, 3.05) is 5.75 Å². The number of fused-ring (bicyclic) bond motifs is 1. The first-order valence-electron chi connectivity index (χ1n) is 7.68. The third kappa shape index (κ3) is 3.68. The summed E-state index contributed by atoms with van der Waals surface area (Å²) in [6.45, 7) is 4.97. The molecule has 1 amide bonds. The van der Waals surface area contributed by atoms with E-state index in [9.17, 15) is 4.79 Å². The fourth-order valence-electron chi connectivity index (χ4n) is 2.38. The quantitative estimate of drug-likeness (QED) is 0.307. The van der Waals surface area contributed by atoms with Gasteiger partial charge >= 0.3 is 5.16 Å². The molecule has 2 N–H and O–H groups in total. The molecule has 0 saturated heterocycles. The van der Waals surface area contributed by atoms with Crippen LogP contribution in [0.15, 0.2) is 46.0 Å². The lowest BCUT2D eigenvalue weighted by Gasteiger charge is -1.99. The number of H-pyrrole nitrogens is 1. The fourth-order valence-corrected chi connectivity index (χ4v) is 4.06. The van der Waals surface area contributed by atoms with Gasteiger partial charge in [-0.25, -0.2) is 15.0 Å². The molecule has 0 atom stereocenters. The SMILES string of the molecule is CC[n+]1c(SCC(=O)NN=Cc2sccc2C)[nH]c2ccccc21. The summed E-state index contributed by atoms with van der Waals surface area (Å²) in [5, 5.41) is 7.01. The first kappa shape index (κ1) is 16.7. The zero-order valence-corrected chi connectivity index (χ0v) is 15.2. The zero-order valence-electron chi connectivity index (χ0n) is 13.6. The first-order valence-corrected chi connectivity index (χ1v) is 9.55. The summed E-state index contributed by atoms with van der Waals surface area (Å²) in [4.78, 5) is 16.4. The van der Waals surface area contributed by atoms with Crippen LogP contribution in [0.2, 0.25) is 0 Å². The number of aromatic nitrogens is 2. The Bertz CT molecular complexity index is 882. The highest BCUT2D eigenvalue weighted by atomic mass is 32.2. The highest BCUT2D eigenvalue weighted by Crippen LogP contribution is 2.17. The molecule has 2 aromatic heterocycles. The summed E-state index contributed by atoms with van der Waals surface area (Å²) < 4.78 is 2.17. The number of aryl methyl sites for hydroxylation is 2. The summed E-state index contributed by atoms with van der Waals surface area (Å²) in [7, 11) is 0. The van der Waals surface area contributed by atoms with Crippen LogP contribution in [-0.4, -0.2) is 22.9 Å². The van der Waals surface area contributed by atoms with Crippen LogP contribution in [0.5, 0.6) is 0 Å². The number of hydrogen-bond acceptors (Lipinski definition) is 4. The van der Waals surface area contributed by atoms with E-state index >= 15 is 0 Å². The van der Waals surface area contributed by atoms with Crippen LogP contribution in [0.25, 0.3) is 11.0 Å². The molecule has 0 radical (unpaired) electrons. The molecular formula is C17H19N4OS2+. The molecule has 3 rings (SSSR count). The number of thioether (sulfide) groups is 1. The Morgan fingerprint density at radius 2 is 2.25 bits per heavy atom. The van der Waals surface area contributed by atoms with Crippen LogP contribution >= 0.6 is 23.1 Å². The number of benzene rings is 1. The van der Waals surface area contributed by atoms with Crippen molar-refractivity contribution in [3.05, 3.63) is 46.2 Å². The number of carbonyl (C=O) groups excluding carboxylic acids is 1. The molecule has 0 fully saturated rings. The topological polar surface area (TPSA) is 61.1 Å². The lowest BCUT2D eigenvalue weighted by atomic mass is 10.3. The Balaban J connectivity index is 1.60. The van der Waals surface area contributed by atoms with E-state index in [1.807, 2.05) is 36.6 Å². The molecular weight excluding hydrogens is 340 g/mol. The van der Waals surface area contributed by atoms with Crippen molar-refractivity contribution in [3.63, 3.8) is 0 Å². The van der Waals surface area contributed by atoms with Crippen molar-refractivity contribution in [1.29, 1.82) is 0 Å². The summed E-state index contributed by atoms with van der Waals surface area (Å²) in [6.07, 6.45) is 1.69. The second-order valence-corrected chi connectivity index (χ2v) is 7.15. The van der Waals surface area contributed by atoms with Crippen LogP contribution in [-0.2, 0) is 11.3 Å². The standard InChI is InChI=1S/C17H18N4OS2/c1-3-21-14-7-5-4-6-13(14)19-17(21)24-11-16(22)20-18-10-15-12(2)8-9-23-15/h4-10H,3,11H2,1-2H3,(H,20,22)/p+1.